The van der Waals surface area contributed by atoms with Crippen molar-refractivity contribution in [3.63, 3.8) is 0 Å². The Morgan fingerprint density at radius 1 is 0.902 bits per heavy atom. The van der Waals surface area contributed by atoms with Crippen LogP contribution in [0.3, 0.4) is 0 Å². The molecule has 0 amide bonds. The van der Waals surface area contributed by atoms with Crippen LogP contribution in [0, 0.1) is 5.92 Å². The van der Waals surface area contributed by atoms with Crippen LogP contribution in [0.25, 0.3) is 16.3 Å². The average Bonchev–Trinajstić information content (AvgIpc) is 2.98. The maximum atomic E-state index is 12.3. The van der Waals surface area contributed by atoms with Crippen LogP contribution in [-0.4, -0.2) is 29.3 Å². The largest absolute Gasteiger partial charge is 0.496 e. The molecule has 2 aliphatic carbocycles. The first-order valence-corrected chi connectivity index (χ1v) is 14.5. The molecular formula is C35H29BrO5. The predicted molar refractivity (Wildman–Crippen MR) is 164 cm³/mol. The number of allylic oxidation sites excluding steroid dienone is 4. The second kappa shape index (κ2) is 11.0. The zero-order valence-electron chi connectivity index (χ0n) is 22.6. The number of ether oxygens (including phenoxy) is 1. The van der Waals surface area contributed by atoms with Gasteiger partial charge in [0.15, 0.2) is 0 Å². The number of hydrogen-bond acceptors (Lipinski definition) is 3. The highest BCUT2D eigenvalue weighted by atomic mass is 79.9. The van der Waals surface area contributed by atoms with Crippen molar-refractivity contribution >= 4 is 44.2 Å². The molecule has 5 nitrogen and oxygen atoms in total. The van der Waals surface area contributed by atoms with E-state index >= 15 is 0 Å². The summed E-state index contributed by atoms with van der Waals surface area (Å²) in [5.41, 5.74) is 6.48. The molecule has 0 bridgehead atoms. The Labute approximate surface area is 246 Å². The molecule has 6 heteroatoms. The lowest BCUT2D eigenvalue weighted by molar-refractivity contribution is 0.0695. The molecule has 41 heavy (non-hydrogen) atoms. The fraction of sp³-hybridized carbons (Fsp3) is 0.200. The van der Waals surface area contributed by atoms with Gasteiger partial charge >= 0.3 is 11.9 Å². The van der Waals surface area contributed by atoms with Gasteiger partial charge < -0.3 is 14.9 Å². The molecule has 0 radical (unpaired) electrons. The summed E-state index contributed by atoms with van der Waals surface area (Å²) in [6, 6.07) is 23.4. The van der Waals surface area contributed by atoms with Gasteiger partial charge in [-0.15, -0.1) is 0 Å². The van der Waals surface area contributed by atoms with Crippen LogP contribution in [0.4, 0.5) is 0 Å². The summed E-state index contributed by atoms with van der Waals surface area (Å²) in [5.74, 6) is -1.57. The quantitative estimate of drug-likeness (QED) is 0.220. The number of carboxylic acids is 2. The summed E-state index contributed by atoms with van der Waals surface area (Å²) >= 11 is 3.64. The van der Waals surface area contributed by atoms with E-state index in [9.17, 15) is 19.8 Å². The average molecular weight is 610 g/mol. The normalized spacial score (nSPS) is 17.7. The Kier molecular flexibility index (Phi) is 7.26. The first-order chi connectivity index (χ1) is 19.9. The molecule has 0 saturated heterocycles. The number of benzene rings is 4. The summed E-state index contributed by atoms with van der Waals surface area (Å²) in [4.78, 5) is 24.7. The SMILES string of the molecule is COc1ccc(CC2c3c(ccc4ccccc34)C3=C(CCC=C3)C2Cc2c(C(=O)O)cccc2C(=O)O)cc1Br. The van der Waals surface area contributed by atoms with Crippen molar-refractivity contribution in [3.05, 3.63) is 128 Å². The molecular weight excluding hydrogens is 580 g/mol. The Morgan fingerprint density at radius 2 is 1.66 bits per heavy atom. The molecule has 0 aromatic heterocycles. The van der Waals surface area contributed by atoms with Crippen LogP contribution in [0.5, 0.6) is 5.75 Å². The Balaban J connectivity index is 1.60. The van der Waals surface area contributed by atoms with Crippen molar-refractivity contribution in [2.75, 3.05) is 7.11 Å². The molecule has 4 aromatic rings. The van der Waals surface area contributed by atoms with Crippen LogP contribution in [0.2, 0.25) is 0 Å². The molecule has 2 aliphatic rings. The lowest BCUT2D eigenvalue weighted by atomic mass is 9.64. The van der Waals surface area contributed by atoms with E-state index in [0.717, 1.165) is 34.0 Å². The van der Waals surface area contributed by atoms with E-state index < -0.39 is 11.9 Å². The van der Waals surface area contributed by atoms with Gasteiger partial charge in [0.25, 0.3) is 0 Å². The molecule has 0 saturated carbocycles. The minimum atomic E-state index is -1.11. The lowest BCUT2D eigenvalue weighted by Crippen LogP contribution is -2.28. The molecule has 0 aliphatic heterocycles. The molecule has 4 aromatic carbocycles. The first kappa shape index (κ1) is 27.0. The van der Waals surface area contributed by atoms with Gasteiger partial charge in [-0.05, 0) is 116 Å². The van der Waals surface area contributed by atoms with E-state index in [1.165, 1.54) is 45.9 Å². The van der Waals surface area contributed by atoms with Gasteiger partial charge in [-0.1, -0.05) is 66.3 Å². The van der Waals surface area contributed by atoms with Crippen LogP contribution in [0.15, 0.2) is 95.0 Å². The first-order valence-electron chi connectivity index (χ1n) is 13.7. The molecule has 6 rings (SSSR count). The molecule has 0 heterocycles. The highest BCUT2D eigenvalue weighted by Crippen LogP contribution is 2.51. The molecule has 0 spiro atoms. The summed E-state index contributed by atoms with van der Waals surface area (Å²) < 4.78 is 6.34. The highest BCUT2D eigenvalue weighted by molar-refractivity contribution is 9.10. The van der Waals surface area contributed by atoms with Crippen molar-refractivity contribution in [2.45, 2.75) is 31.6 Å². The second-order valence-corrected chi connectivity index (χ2v) is 11.5. The fourth-order valence-electron chi connectivity index (χ4n) is 6.73. The van der Waals surface area contributed by atoms with E-state index in [1.54, 1.807) is 7.11 Å². The monoisotopic (exact) mass is 608 g/mol. The van der Waals surface area contributed by atoms with Crippen molar-refractivity contribution < 1.29 is 24.5 Å². The Morgan fingerprint density at radius 3 is 2.37 bits per heavy atom. The van der Waals surface area contributed by atoms with Crippen LogP contribution < -0.4 is 4.74 Å². The Hall–Kier alpha value is -4.16. The van der Waals surface area contributed by atoms with Gasteiger partial charge in [-0.2, -0.15) is 0 Å². The van der Waals surface area contributed by atoms with Gasteiger partial charge in [0.1, 0.15) is 5.75 Å². The number of fused-ring (bicyclic) bond motifs is 4. The molecule has 206 valence electrons. The maximum Gasteiger partial charge on any atom is 0.335 e. The molecule has 2 atom stereocenters. The minimum absolute atomic E-state index is 0.00913. The van der Waals surface area contributed by atoms with E-state index in [-0.39, 0.29) is 23.0 Å². The van der Waals surface area contributed by atoms with Gasteiger partial charge in [-0.25, -0.2) is 9.59 Å². The van der Waals surface area contributed by atoms with E-state index in [1.807, 2.05) is 12.1 Å². The van der Waals surface area contributed by atoms with Crippen molar-refractivity contribution in [1.82, 2.24) is 0 Å². The summed E-state index contributed by atoms with van der Waals surface area (Å²) in [6.45, 7) is 0. The van der Waals surface area contributed by atoms with E-state index in [0.29, 0.717) is 18.4 Å². The lowest BCUT2D eigenvalue weighted by Gasteiger charge is -2.39. The van der Waals surface area contributed by atoms with Gasteiger partial charge in [0, 0.05) is 0 Å². The topological polar surface area (TPSA) is 83.8 Å². The zero-order chi connectivity index (χ0) is 28.7. The number of methoxy groups -OCH3 is 1. The predicted octanol–water partition coefficient (Wildman–Crippen LogP) is 8.31. The van der Waals surface area contributed by atoms with Gasteiger partial charge in [-0.3, -0.25) is 0 Å². The third-order valence-corrected chi connectivity index (χ3v) is 9.13. The molecule has 2 unspecified atom stereocenters. The van der Waals surface area contributed by atoms with Crippen LogP contribution >= 0.6 is 15.9 Å². The number of rotatable bonds is 7. The number of aromatic carboxylic acids is 2. The van der Waals surface area contributed by atoms with Crippen molar-refractivity contribution in [3.8, 4) is 5.75 Å². The molecule has 2 N–H and O–H groups in total. The summed E-state index contributed by atoms with van der Waals surface area (Å²) in [6.07, 6.45) is 7.16. The summed E-state index contributed by atoms with van der Waals surface area (Å²) in [7, 11) is 1.64. The number of carbonyl (C=O) groups is 2. The smallest absolute Gasteiger partial charge is 0.335 e. The van der Waals surface area contributed by atoms with Gasteiger partial charge in [0.05, 0.1) is 22.7 Å². The third-order valence-electron chi connectivity index (χ3n) is 8.51. The number of hydrogen-bond donors (Lipinski definition) is 2. The molecule has 0 fully saturated rings. The minimum Gasteiger partial charge on any atom is -0.496 e. The van der Waals surface area contributed by atoms with Crippen LogP contribution in [0.1, 0.15) is 61.7 Å². The number of carboxylic acid groups (broad SMARTS) is 2. The Bertz CT molecular complexity index is 1730. The van der Waals surface area contributed by atoms with Gasteiger partial charge in [0.2, 0.25) is 0 Å². The second-order valence-electron chi connectivity index (χ2n) is 10.7. The zero-order valence-corrected chi connectivity index (χ0v) is 24.1. The third kappa shape index (κ3) is 4.87. The maximum absolute atomic E-state index is 12.3. The number of halogens is 1. The van der Waals surface area contributed by atoms with E-state index in [2.05, 4.69) is 70.5 Å². The summed E-state index contributed by atoms with van der Waals surface area (Å²) in [5, 5.41) is 22.5. The highest BCUT2D eigenvalue weighted by Gasteiger charge is 2.38. The van der Waals surface area contributed by atoms with Crippen LogP contribution in [-0.2, 0) is 12.8 Å². The van der Waals surface area contributed by atoms with Crippen molar-refractivity contribution in [1.29, 1.82) is 0 Å². The van der Waals surface area contributed by atoms with Crippen molar-refractivity contribution in [2.24, 2.45) is 5.92 Å². The fourth-order valence-corrected chi connectivity index (χ4v) is 7.32. The van der Waals surface area contributed by atoms with E-state index in [4.69, 9.17) is 4.74 Å². The standard InChI is InChI=1S/C35H29BrO5/c1-41-32-16-13-20(18-31(32)36)17-30-28(19-29-26(34(37)38)11-6-12-27(29)35(39)40)24-10-5-4-9-23(24)25-15-14-21-7-2-3-8-22(21)33(25)30/h2-4,6-9,11-16,18,28,30H,5,10,17,19H2,1H3,(H,37,38)(H,39,40).